The lowest BCUT2D eigenvalue weighted by Crippen LogP contribution is -2.14. The third kappa shape index (κ3) is 4.91. The molecule has 1 amide bonds. The third-order valence-electron chi connectivity index (χ3n) is 4.60. The number of nitrogens with one attached hydrogen (secondary N) is 2. The van der Waals surface area contributed by atoms with E-state index in [9.17, 15) is 9.59 Å². The molecule has 150 valence electrons. The van der Waals surface area contributed by atoms with Gasteiger partial charge in [-0.15, -0.1) is 0 Å². The summed E-state index contributed by atoms with van der Waals surface area (Å²) in [6.45, 7) is 0. The maximum atomic E-state index is 12.2. The number of H-pyrrole nitrogens is 1. The van der Waals surface area contributed by atoms with E-state index in [-0.39, 0.29) is 11.5 Å². The first-order valence-corrected chi connectivity index (χ1v) is 9.78. The quantitative estimate of drug-likeness (QED) is 0.473. The van der Waals surface area contributed by atoms with Crippen molar-refractivity contribution in [3.8, 4) is 11.5 Å². The molecule has 6 heteroatoms. The summed E-state index contributed by atoms with van der Waals surface area (Å²) in [5.41, 5.74) is 1.22. The number of fused-ring (bicyclic) bond motifs is 1. The maximum absolute atomic E-state index is 12.2. The van der Waals surface area contributed by atoms with Gasteiger partial charge in [-0.1, -0.05) is 30.3 Å². The number of carbonyl (C=O) groups is 1. The number of hydrogen-bond acceptors (Lipinski definition) is 4. The summed E-state index contributed by atoms with van der Waals surface area (Å²) >= 11 is 0. The first-order chi connectivity index (χ1) is 14.7. The van der Waals surface area contributed by atoms with Gasteiger partial charge in [-0.25, -0.2) is 4.98 Å². The third-order valence-corrected chi connectivity index (χ3v) is 4.60. The van der Waals surface area contributed by atoms with Gasteiger partial charge in [0.2, 0.25) is 5.91 Å². The van der Waals surface area contributed by atoms with Gasteiger partial charge in [-0.05, 0) is 55.0 Å². The summed E-state index contributed by atoms with van der Waals surface area (Å²) in [7, 11) is 0. The van der Waals surface area contributed by atoms with E-state index in [2.05, 4.69) is 15.3 Å². The molecular weight excluding hydrogens is 378 g/mol. The Kier molecular flexibility index (Phi) is 5.85. The zero-order chi connectivity index (χ0) is 20.8. The van der Waals surface area contributed by atoms with Crippen molar-refractivity contribution in [1.29, 1.82) is 0 Å². The van der Waals surface area contributed by atoms with Crippen molar-refractivity contribution in [2.24, 2.45) is 0 Å². The molecule has 1 heterocycles. The molecule has 0 atom stereocenters. The number of aryl methyl sites for hydroxylation is 1. The number of hydrogen-bond donors (Lipinski definition) is 2. The van der Waals surface area contributed by atoms with Crippen LogP contribution >= 0.6 is 0 Å². The molecule has 0 radical (unpaired) electrons. The molecular formula is C24H21N3O3. The fraction of sp³-hybridized carbons (Fsp3) is 0.125. The highest BCUT2D eigenvalue weighted by atomic mass is 16.5. The second kappa shape index (κ2) is 9.05. The van der Waals surface area contributed by atoms with Crippen LogP contribution in [0.5, 0.6) is 11.5 Å². The van der Waals surface area contributed by atoms with Gasteiger partial charge in [-0.2, -0.15) is 0 Å². The molecule has 0 spiro atoms. The van der Waals surface area contributed by atoms with E-state index in [0.29, 0.717) is 47.4 Å². The van der Waals surface area contributed by atoms with Crippen LogP contribution in [-0.4, -0.2) is 15.9 Å². The van der Waals surface area contributed by atoms with Crippen LogP contribution in [0, 0.1) is 0 Å². The molecule has 0 bridgehead atoms. The van der Waals surface area contributed by atoms with Crippen molar-refractivity contribution in [2.45, 2.75) is 19.3 Å². The number of aromatic nitrogens is 2. The van der Waals surface area contributed by atoms with E-state index in [1.54, 1.807) is 18.2 Å². The van der Waals surface area contributed by atoms with Crippen molar-refractivity contribution in [2.75, 3.05) is 5.32 Å². The number of aromatic amines is 1. The molecule has 0 saturated carbocycles. The Hall–Kier alpha value is -3.93. The first-order valence-electron chi connectivity index (χ1n) is 9.78. The number of anilines is 1. The van der Waals surface area contributed by atoms with Crippen LogP contribution in [0.4, 0.5) is 5.69 Å². The highest BCUT2D eigenvalue weighted by Gasteiger charge is 2.06. The molecule has 30 heavy (non-hydrogen) atoms. The second-order valence-corrected chi connectivity index (χ2v) is 6.87. The van der Waals surface area contributed by atoms with Crippen LogP contribution in [0.3, 0.4) is 0 Å². The molecule has 6 nitrogen and oxygen atoms in total. The Balaban J connectivity index is 1.28. The summed E-state index contributed by atoms with van der Waals surface area (Å²) in [4.78, 5) is 31.6. The van der Waals surface area contributed by atoms with Crippen LogP contribution in [0.25, 0.3) is 10.9 Å². The topological polar surface area (TPSA) is 84.1 Å². The summed E-state index contributed by atoms with van der Waals surface area (Å²) in [6, 6.07) is 24.0. The van der Waals surface area contributed by atoms with Gasteiger partial charge >= 0.3 is 0 Å². The number of carbonyl (C=O) groups excluding carboxylic acids is 1. The predicted molar refractivity (Wildman–Crippen MR) is 117 cm³/mol. The number of benzene rings is 3. The van der Waals surface area contributed by atoms with Gasteiger partial charge in [0.25, 0.3) is 5.56 Å². The largest absolute Gasteiger partial charge is 0.457 e. The number of para-hydroxylation sites is 2. The van der Waals surface area contributed by atoms with E-state index in [4.69, 9.17) is 4.74 Å². The van der Waals surface area contributed by atoms with Crippen molar-refractivity contribution < 1.29 is 9.53 Å². The standard InChI is InChI=1S/C24H21N3O3/c28-23(12-6-11-22-26-21-10-5-4-9-20(21)24(29)27-22)25-17-13-15-19(16-14-17)30-18-7-2-1-3-8-18/h1-5,7-10,13-16H,6,11-12H2,(H,25,28)(H,26,27,29). The minimum atomic E-state index is -0.155. The van der Waals surface area contributed by atoms with Gasteiger partial charge in [-0.3, -0.25) is 9.59 Å². The van der Waals surface area contributed by atoms with Crippen LogP contribution in [0.15, 0.2) is 83.7 Å². The monoisotopic (exact) mass is 399 g/mol. The van der Waals surface area contributed by atoms with E-state index in [0.717, 1.165) is 5.75 Å². The molecule has 0 aliphatic heterocycles. The van der Waals surface area contributed by atoms with Crippen LogP contribution in [0.2, 0.25) is 0 Å². The maximum Gasteiger partial charge on any atom is 0.258 e. The highest BCUT2D eigenvalue weighted by Crippen LogP contribution is 2.22. The van der Waals surface area contributed by atoms with E-state index < -0.39 is 0 Å². The molecule has 0 aliphatic carbocycles. The molecule has 0 aliphatic rings. The second-order valence-electron chi connectivity index (χ2n) is 6.87. The highest BCUT2D eigenvalue weighted by molar-refractivity contribution is 5.90. The van der Waals surface area contributed by atoms with E-state index >= 15 is 0 Å². The van der Waals surface area contributed by atoms with Gasteiger partial charge in [0.05, 0.1) is 10.9 Å². The summed E-state index contributed by atoms with van der Waals surface area (Å²) in [6.07, 6.45) is 1.44. The fourth-order valence-corrected chi connectivity index (χ4v) is 3.12. The van der Waals surface area contributed by atoms with Crippen LogP contribution in [-0.2, 0) is 11.2 Å². The number of rotatable bonds is 7. The molecule has 3 aromatic carbocycles. The molecule has 1 aromatic heterocycles. The molecule has 4 rings (SSSR count). The van der Waals surface area contributed by atoms with Crippen molar-refractivity contribution >= 4 is 22.5 Å². The number of ether oxygens (including phenoxy) is 1. The Morgan fingerprint density at radius 1 is 0.900 bits per heavy atom. The lowest BCUT2D eigenvalue weighted by molar-refractivity contribution is -0.116. The van der Waals surface area contributed by atoms with Crippen LogP contribution in [0.1, 0.15) is 18.7 Å². The minimum absolute atomic E-state index is 0.0881. The molecule has 2 N–H and O–H groups in total. The SMILES string of the molecule is O=C(CCCc1nc2ccccc2c(=O)[nH]1)Nc1ccc(Oc2ccccc2)cc1. The number of nitrogens with zero attached hydrogens (tertiary/aromatic N) is 1. The molecule has 0 saturated heterocycles. The van der Waals surface area contributed by atoms with Crippen molar-refractivity contribution in [3.63, 3.8) is 0 Å². The average molecular weight is 399 g/mol. The summed E-state index contributed by atoms with van der Waals surface area (Å²) in [5.74, 6) is 1.96. The lowest BCUT2D eigenvalue weighted by atomic mass is 10.2. The molecule has 0 fully saturated rings. The van der Waals surface area contributed by atoms with Gasteiger partial charge < -0.3 is 15.0 Å². The predicted octanol–water partition coefficient (Wildman–Crippen LogP) is 4.68. The normalized spacial score (nSPS) is 10.7. The van der Waals surface area contributed by atoms with Gasteiger partial charge in [0.15, 0.2) is 0 Å². The smallest absolute Gasteiger partial charge is 0.258 e. The van der Waals surface area contributed by atoms with Crippen LogP contribution < -0.4 is 15.6 Å². The van der Waals surface area contributed by atoms with Gasteiger partial charge in [0.1, 0.15) is 17.3 Å². The molecule has 4 aromatic rings. The summed E-state index contributed by atoms with van der Waals surface area (Å²) < 4.78 is 5.74. The fourth-order valence-electron chi connectivity index (χ4n) is 3.12. The van der Waals surface area contributed by atoms with Gasteiger partial charge in [0, 0.05) is 18.5 Å². The zero-order valence-corrected chi connectivity index (χ0v) is 16.3. The zero-order valence-electron chi connectivity index (χ0n) is 16.3. The summed E-state index contributed by atoms with van der Waals surface area (Å²) in [5, 5.41) is 3.44. The minimum Gasteiger partial charge on any atom is -0.457 e. The Bertz CT molecular complexity index is 1200. The number of amides is 1. The Morgan fingerprint density at radius 2 is 1.60 bits per heavy atom. The lowest BCUT2D eigenvalue weighted by Gasteiger charge is -2.08. The Labute approximate surface area is 173 Å². The van der Waals surface area contributed by atoms with Crippen molar-refractivity contribution in [3.05, 3.63) is 95.0 Å². The van der Waals surface area contributed by atoms with Crippen molar-refractivity contribution in [1.82, 2.24) is 9.97 Å². The molecule has 0 unspecified atom stereocenters. The average Bonchev–Trinajstić information content (AvgIpc) is 2.76. The first kappa shape index (κ1) is 19.4. The van der Waals surface area contributed by atoms with E-state index in [1.165, 1.54) is 0 Å². The van der Waals surface area contributed by atoms with E-state index in [1.807, 2.05) is 60.7 Å². The Morgan fingerprint density at radius 3 is 2.40 bits per heavy atom.